The van der Waals surface area contributed by atoms with E-state index in [0.717, 1.165) is 18.4 Å². The molecule has 2 N–H and O–H groups in total. The molecule has 5 nitrogen and oxygen atoms in total. The SMILES string of the molecule is C1CC1.CO.Cc1ccc(-c2ccc(Oc3ccc(OOc4ccc(O)cc4)cc3)cc2)cc1. The maximum absolute atomic E-state index is 9.27. The summed E-state index contributed by atoms with van der Waals surface area (Å²) in [6.45, 7) is 2.08. The molecule has 1 aliphatic carbocycles. The molecule has 5 heteroatoms. The number of ether oxygens (including phenoxy) is 1. The third kappa shape index (κ3) is 8.19. The van der Waals surface area contributed by atoms with Crippen molar-refractivity contribution in [2.24, 2.45) is 0 Å². The number of hydrogen-bond acceptors (Lipinski definition) is 5. The lowest BCUT2D eigenvalue weighted by Crippen LogP contribution is -1.99. The first-order valence-corrected chi connectivity index (χ1v) is 11.2. The van der Waals surface area contributed by atoms with Crippen molar-refractivity contribution in [1.29, 1.82) is 0 Å². The van der Waals surface area contributed by atoms with Crippen molar-refractivity contribution in [1.82, 2.24) is 0 Å². The van der Waals surface area contributed by atoms with Gasteiger partial charge in [-0.1, -0.05) is 61.2 Å². The average molecular weight is 459 g/mol. The summed E-state index contributed by atoms with van der Waals surface area (Å²) in [6.07, 6.45) is 4.50. The summed E-state index contributed by atoms with van der Waals surface area (Å²) in [7, 11) is 1.00. The molecule has 0 aliphatic heterocycles. The third-order valence-electron chi connectivity index (χ3n) is 4.72. The second kappa shape index (κ2) is 12.9. The lowest BCUT2D eigenvalue weighted by Gasteiger charge is -2.09. The highest BCUT2D eigenvalue weighted by molar-refractivity contribution is 5.64. The number of benzene rings is 4. The van der Waals surface area contributed by atoms with Crippen LogP contribution in [-0.2, 0) is 0 Å². The predicted octanol–water partition coefficient (Wildman–Crippen LogP) is 7.31. The molecular formula is C29H30O5. The van der Waals surface area contributed by atoms with E-state index in [-0.39, 0.29) is 5.75 Å². The molecule has 0 spiro atoms. The maximum atomic E-state index is 9.27. The Bertz CT molecular complexity index is 1100. The molecule has 0 heterocycles. The van der Waals surface area contributed by atoms with Gasteiger partial charge in [-0.3, -0.25) is 9.78 Å². The Hall–Kier alpha value is -3.96. The number of aliphatic hydroxyl groups is 1. The lowest BCUT2D eigenvalue weighted by atomic mass is 10.0. The summed E-state index contributed by atoms with van der Waals surface area (Å²) < 4.78 is 5.90. The van der Waals surface area contributed by atoms with Crippen LogP contribution in [-0.4, -0.2) is 17.3 Å². The van der Waals surface area contributed by atoms with E-state index < -0.39 is 0 Å². The molecule has 0 saturated heterocycles. The van der Waals surface area contributed by atoms with Gasteiger partial charge in [0, 0.05) is 7.11 Å². The van der Waals surface area contributed by atoms with E-state index >= 15 is 0 Å². The molecule has 0 unspecified atom stereocenters. The van der Waals surface area contributed by atoms with Crippen molar-refractivity contribution in [2.45, 2.75) is 26.2 Å². The third-order valence-corrected chi connectivity index (χ3v) is 4.72. The monoisotopic (exact) mass is 458 g/mol. The van der Waals surface area contributed by atoms with Gasteiger partial charge in [-0.05, 0) is 78.7 Å². The highest BCUT2D eigenvalue weighted by atomic mass is 17.2. The topological polar surface area (TPSA) is 68.2 Å². The van der Waals surface area contributed by atoms with Crippen LogP contribution >= 0.6 is 0 Å². The van der Waals surface area contributed by atoms with Gasteiger partial charge >= 0.3 is 0 Å². The van der Waals surface area contributed by atoms with Gasteiger partial charge in [0.25, 0.3) is 0 Å². The zero-order valence-corrected chi connectivity index (χ0v) is 19.5. The molecule has 0 atom stereocenters. The molecule has 34 heavy (non-hydrogen) atoms. The lowest BCUT2D eigenvalue weighted by molar-refractivity contribution is -0.0999. The molecule has 0 amide bonds. The Morgan fingerprint density at radius 2 is 0.853 bits per heavy atom. The quantitative estimate of drug-likeness (QED) is 0.234. The Balaban J connectivity index is 0.000000588. The zero-order valence-electron chi connectivity index (χ0n) is 19.5. The van der Waals surface area contributed by atoms with Crippen LogP contribution in [0.25, 0.3) is 11.1 Å². The molecule has 4 aromatic carbocycles. The molecule has 4 aromatic rings. The van der Waals surface area contributed by atoms with Crippen LogP contribution in [0, 0.1) is 6.92 Å². The fraction of sp³-hybridized carbons (Fsp3) is 0.172. The van der Waals surface area contributed by atoms with Gasteiger partial charge in [0.15, 0.2) is 11.5 Å². The van der Waals surface area contributed by atoms with E-state index in [4.69, 9.17) is 19.6 Å². The number of phenols is 1. The molecule has 1 saturated carbocycles. The highest BCUT2D eigenvalue weighted by Gasteiger charge is 2.03. The van der Waals surface area contributed by atoms with Gasteiger partial charge in [-0.2, -0.15) is 0 Å². The Labute approximate surface area is 200 Å². The Morgan fingerprint density at radius 1 is 0.500 bits per heavy atom. The van der Waals surface area contributed by atoms with Crippen molar-refractivity contribution in [2.75, 3.05) is 7.11 Å². The van der Waals surface area contributed by atoms with Gasteiger partial charge in [-0.15, -0.1) is 0 Å². The van der Waals surface area contributed by atoms with Crippen molar-refractivity contribution in [3.05, 3.63) is 103 Å². The van der Waals surface area contributed by atoms with E-state index in [1.807, 2.05) is 36.4 Å². The first kappa shape index (κ1) is 24.7. The Kier molecular flexibility index (Phi) is 9.38. The van der Waals surface area contributed by atoms with Crippen LogP contribution in [0.1, 0.15) is 24.8 Å². The standard InChI is InChI=1S/C25H20O4.C3H6.CH4O/c1-18-2-4-19(5-3-18)20-6-10-22(11-7-20)27-23-14-16-25(17-15-23)29-28-24-12-8-21(26)9-13-24;1-2-3-1;1-2/h2-17,26H,1H3;1-3H2;2H,1H3. The molecule has 1 fully saturated rings. The molecule has 0 radical (unpaired) electrons. The average Bonchev–Trinajstić information content (AvgIpc) is 3.77. The van der Waals surface area contributed by atoms with Crippen molar-refractivity contribution in [3.63, 3.8) is 0 Å². The summed E-state index contributed by atoms with van der Waals surface area (Å²) in [4.78, 5) is 10.5. The van der Waals surface area contributed by atoms with E-state index in [2.05, 4.69) is 31.2 Å². The van der Waals surface area contributed by atoms with Gasteiger partial charge in [0.1, 0.15) is 17.2 Å². The zero-order chi connectivity index (χ0) is 24.2. The molecule has 1 aliphatic rings. The van der Waals surface area contributed by atoms with Gasteiger partial charge in [0.2, 0.25) is 0 Å². The van der Waals surface area contributed by atoms with Crippen LogP contribution < -0.4 is 14.5 Å². The molecule has 0 aromatic heterocycles. The minimum Gasteiger partial charge on any atom is -0.508 e. The molecule has 0 bridgehead atoms. The van der Waals surface area contributed by atoms with Crippen molar-refractivity contribution >= 4 is 0 Å². The molecular weight excluding hydrogens is 428 g/mol. The summed E-state index contributed by atoms with van der Waals surface area (Å²) in [6, 6.07) is 29.9. The second-order valence-corrected chi connectivity index (χ2v) is 7.69. The number of aromatic hydroxyl groups is 1. The van der Waals surface area contributed by atoms with Crippen LogP contribution in [0.3, 0.4) is 0 Å². The van der Waals surface area contributed by atoms with Crippen molar-refractivity contribution < 1.29 is 24.7 Å². The van der Waals surface area contributed by atoms with E-state index in [9.17, 15) is 5.11 Å². The largest absolute Gasteiger partial charge is 0.508 e. The van der Waals surface area contributed by atoms with Crippen LogP contribution in [0.15, 0.2) is 97.1 Å². The maximum Gasteiger partial charge on any atom is 0.178 e. The van der Waals surface area contributed by atoms with Gasteiger partial charge < -0.3 is 14.9 Å². The van der Waals surface area contributed by atoms with Crippen LogP contribution in [0.2, 0.25) is 0 Å². The first-order valence-electron chi connectivity index (χ1n) is 11.2. The number of hydrogen-bond donors (Lipinski definition) is 2. The van der Waals surface area contributed by atoms with Crippen molar-refractivity contribution in [3.8, 4) is 39.9 Å². The second-order valence-electron chi connectivity index (χ2n) is 7.69. The summed E-state index contributed by atoms with van der Waals surface area (Å²) >= 11 is 0. The summed E-state index contributed by atoms with van der Waals surface area (Å²) in [5.41, 5.74) is 3.57. The summed E-state index contributed by atoms with van der Waals surface area (Å²) in [5.74, 6) is 2.67. The fourth-order valence-electron chi connectivity index (χ4n) is 2.76. The van der Waals surface area contributed by atoms with E-state index in [1.54, 1.807) is 24.3 Å². The first-order chi connectivity index (χ1) is 16.7. The number of aryl methyl sites for hydroxylation is 1. The molecule has 5 rings (SSSR count). The predicted molar refractivity (Wildman–Crippen MR) is 134 cm³/mol. The van der Waals surface area contributed by atoms with Crippen LogP contribution in [0.4, 0.5) is 0 Å². The Morgan fingerprint density at radius 3 is 1.29 bits per heavy atom. The molecule has 176 valence electrons. The minimum atomic E-state index is 0.172. The van der Waals surface area contributed by atoms with Gasteiger partial charge in [0.05, 0.1) is 0 Å². The smallest absolute Gasteiger partial charge is 0.178 e. The van der Waals surface area contributed by atoms with Gasteiger partial charge in [-0.25, -0.2) is 0 Å². The minimum absolute atomic E-state index is 0.172. The number of aliphatic hydroxyl groups excluding tert-OH is 1. The highest BCUT2D eigenvalue weighted by Crippen LogP contribution is 2.27. The fourth-order valence-corrected chi connectivity index (χ4v) is 2.76. The number of rotatable bonds is 6. The van der Waals surface area contributed by atoms with E-state index in [1.165, 1.54) is 42.5 Å². The van der Waals surface area contributed by atoms with Crippen LogP contribution in [0.5, 0.6) is 28.7 Å². The van der Waals surface area contributed by atoms with E-state index in [0.29, 0.717) is 17.2 Å². The normalized spacial score (nSPS) is 11.1. The summed E-state index contributed by atoms with van der Waals surface area (Å²) in [5, 5.41) is 16.3. The number of phenolic OH excluding ortho intramolecular Hbond substituents is 1.